The fraction of sp³-hybridized carbons (Fsp3) is 0.536. The molecule has 3 aliphatic carbocycles. The largest absolute Gasteiger partial charge is 0.534 e. The molecule has 198 valence electrons. The zero-order chi connectivity index (χ0) is 26.8. The molecule has 2 fully saturated rings. The number of aryl methyl sites for hydroxylation is 1. The third kappa shape index (κ3) is 4.22. The van der Waals surface area contributed by atoms with Gasteiger partial charge in [-0.25, -0.2) is 0 Å². The minimum Gasteiger partial charge on any atom is -0.389 e. The normalized spacial score (nSPS) is 33.1. The molecule has 6 atom stereocenters. The zero-order valence-electron chi connectivity index (χ0n) is 20.8. The Morgan fingerprint density at radius 2 is 1.86 bits per heavy atom. The monoisotopic (exact) mass is 533 g/mol. The number of hydrogen-bond acceptors (Lipinski definition) is 5. The second kappa shape index (κ2) is 8.74. The lowest BCUT2D eigenvalue weighted by Crippen LogP contribution is -2.54. The topological polar surface area (TPSA) is 87.4 Å². The molecule has 3 aliphatic rings. The molecule has 0 bridgehead atoms. The van der Waals surface area contributed by atoms with Crippen LogP contribution < -0.4 is 4.18 Å². The summed E-state index contributed by atoms with van der Waals surface area (Å²) in [6, 6.07) is 13.7. The summed E-state index contributed by atoms with van der Waals surface area (Å²) in [6.45, 7) is 4.43. The molecule has 3 unspecified atom stereocenters. The van der Waals surface area contributed by atoms with E-state index in [-0.39, 0.29) is 5.41 Å². The van der Waals surface area contributed by atoms with Crippen LogP contribution in [-0.2, 0) is 23.0 Å². The maximum Gasteiger partial charge on any atom is 0.534 e. The molecule has 2 aromatic rings. The number of halogens is 3. The Balaban J connectivity index is 1.37. The van der Waals surface area contributed by atoms with Gasteiger partial charge in [-0.3, -0.25) is 0 Å². The molecule has 9 heteroatoms. The number of aliphatic hydroxyl groups is 1. The molecule has 0 saturated heterocycles. The van der Waals surface area contributed by atoms with Crippen LogP contribution in [0.25, 0.3) is 0 Å². The van der Waals surface area contributed by atoms with Crippen molar-refractivity contribution in [3.63, 3.8) is 0 Å². The summed E-state index contributed by atoms with van der Waals surface area (Å²) >= 11 is 0. The van der Waals surface area contributed by atoms with Crippen molar-refractivity contribution in [2.75, 3.05) is 0 Å². The van der Waals surface area contributed by atoms with Crippen molar-refractivity contribution in [1.82, 2.24) is 0 Å². The van der Waals surface area contributed by atoms with Crippen LogP contribution in [0.3, 0.4) is 0 Å². The van der Waals surface area contributed by atoms with E-state index in [2.05, 4.69) is 30.2 Å². The maximum absolute atomic E-state index is 12.6. The molecule has 0 aliphatic heterocycles. The average Bonchev–Trinajstić information content (AvgIpc) is 3.08. The second-order valence-corrected chi connectivity index (χ2v) is 12.9. The molecule has 0 aromatic heterocycles. The lowest BCUT2D eigenvalue weighted by Gasteiger charge is -2.56. The van der Waals surface area contributed by atoms with Crippen molar-refractivity contribution in [3.8, 4) is 11.8 Å². The molecule has 0 heterocycles. The van der Waals surface area contributed by atoms with Crippen LogP contribution in [-0.4, -0.2) is 24.6 Å². The summed E-state index contributed by atoms with van der Waals surface area (Å²) < 4.78 is 64.7. The summed E-state index contributed by atoms with van der Waals surface area (Å²) in [5.74, 6) is 1.09. The van der Waals surface area contributed by atoms with E-state index >= 15 is 0 Å². The van der Waals surface area contributed by atoms with Crippen LogP contribution in [0.1, 0.15) is 67.7 Å². The van der Waals surface area contributed by atoms with E-state index in [0.29, 0.717) is 47.6 Å². The Morgan fingerprint density at radius 3 is 2.51 bits per heavy atom. The first-order chi connectivity index (χ1) is 17.3. The lowest BCUT2D eigenvalue weighted by atomic mass is 9.50. The Labute approximate surface area is 215 Å². The van der Waals surface area contributed by atoms with Gasteiger partial charge in [0.25, 0.3) is 0 Å². The van der Waals surface area contributed by atoms with Crippen LogP contribution >= 0.6 is 0 Å². The maximum atomic E-state index is 12.6. The van der Waals surface area contributed by atoms with E-state index in [1.165, 1.54) is 35.4 Å². The Morgan fingerprint density at radius 1 is 1.16 bits per heavy atom. The van der Waals surface area contributed by atoms with Gasteiger partial charge in [0.1, 0.15) is 5.75 Å². The van der Waals surface area contributed by atoms with Crippen LogP contribution in [0.2, 0.25) is 0 Å². The molecule has 0 spiro atoms. The van der Waals surface area contributed by atoms with Gasteiger partial charge in [0.05, 0.1) is 17.2 Å². The van der Waals surface area contributed by atoms with Gasteiger partial charge < -0.3 is 9.29 Å². The number of nitrogens with zero attached hydrogens (tertiary/aromatic N) is 1. The molecule has 5 rings (SSSR count). The van der Waals surface area contributed by atoms with E-state index in [4.69, 9.17) is 0 Å². The van der Waals surface area contributed by atoms with Gasteiger partial charge in [-0.2, -0.15) is 26.9 Å². The molecular formula is C28H30F3NO4S. The van der Waals surface area contributed by atoms with Crippen LogP contribution in [0.4, 0.5) is 13.2 Å². The first-order valence-electron chi connectivity index (χ1n) is 12.6. The summed E-state index contributed by atoms with van der Waals surface area (Å²) in [4.78, 5) is 0. The highest BCUT2D eigenvalue weighted by molar-refractivity contribution is 7.88. The molecular weight excluding hydrogens is 503 g/mol. The first kappa shape index (κ1) is 26.1. The van der Waals surface area contributed by atoms with Gasteiger partial charge >= 0.3 is 15.6 Å². The Hall–Kier alpha value is -2.57. The van der Waals surface area contributed by atoms with E-state index in [1.807, 2.05) is 12.1 Å². The van der Waals surface area contributed by atoms with E-state index in [0.717, 1.165) is 25.7 Å². The summed E-state index contributed by atoms with van der Waals surface area (Å²) in [6.07, 6.45) is 4.65. The zero-order valence-corrected chi connectivity index (χ0v) is 21.6. The number of benzene rings is 2. The average molecular weight is 534 g/mol. The van der Waals surface area contributed by atoms with Crippen molar-refractivity contribution in [3.05, 3.63) is 64.7 Å². The smallest absolute Gasteiger partial charge is 0.389 e. The number of alkyl halides is 3. The molecule has 5 nitrogen and oxygen atoms in total. The molecule has 2 saturated carbocycles. The van der Waals surface area contributed by atoms with E-state index in [1.54, 1.807) is 0 Å². The third-order valence-electron chi connectivity index (χ3n) is 9.38. The highest BCUT2D eigenvalue weighted by Crippen LogP contribution is 2.66. The van der Waals surface area contributed by atoms with E-state index in [9.17, 15) is 32.0 Å². The number of fused-ring (bicyclic) bond motifs is 5. The predicted octanol–water partition coefficient (Wildman–Crippen LogP) is 5.86. The fourth-order valence-corrected chi connectivity index (χ4v) is 8.22. The predicted molar refractivity (Wildman–Crippen MR) is 131 cm³/mol. The molecule has 0 radical (unpaired) electrons. The first-order valence-corrected chi connectivity index (χ1v) is 14.0. The highest BCUT2D eigenvalue weighted by atomic mass is 32.2. The van der Waals surface area contributed by atoms with Gasteiger partial charge in [0.15, 0.2) is 0 Å². The van der Waals surface area contributed by atoms with Crippen molar-refractivity contribution in [1.29, 1.82) is 5.26 Å². The third-order valence-corrected chi connectivity index (χ3v) is 10.4. The molecule has 37 heavy (non-hydrogen) atoms. The second-order valence-electron chi connectivity index (χ2n) is 11.3. The van der Waals surface area contributed by atoms with Crippen molar-refractivity contribution in [2.45, 2.75) is 69.4 Å². The molecule has 1 N–H and O–H groups in total. The standard InChI is InChI=1S/C28H30F3NO4S/c1-17-14-26(2)24(23-10-6-20-13-19(16-32)5-9-22(20)25(17)23)11-12-27(26,33)15-18-3-7-21(8-4-18)36-37(34,35)28(29,30)31/h3-5,7-9,13,17,23-25,33H,6,10-12,14-15H2,1-2H3/t17-,23?,24?,25?,26-,27+/m0/s1. The summed E-state index contributed by atoms with van der Waals surface area (Å²) in [5.41, 5.74) is -2.80. The minimum atomic E-state index is -5.73. The SMILES string of the molecule is C[C@H]1C[C@@]2(C)C(CC[C@@]2(O)Cc2ccc(OS(=O)(=O)C(F)(F)F)cc2)C2CCc3cc(C#N)ccc3C21. The van der Waals surface area contributed by atoms with Gasteiger partial charge in [0.2, 0.25) is 0 Å². The number of rotatable bonds is 4. The molecule has 0 amide bonds. The van der Waals surface area contributed by atoms with Crippen LogP contribution in [0.15, 0.2) is 42.5 Å². The van der Waals surface area contributed by atoms with Crippen molar-refractivity contribution >= 4 is 10.1 Å². The van der Waals surface area contributed by atoms with Crippen molar-refractivity contribution in [2.24, 2.45) is 23.2 Å². The number of hydrogen-bond donors (Lipinski definition) is 1. The van der Waals surface area contributed by atoms with Crippen molar-refractivity contribution < 1.29 is 30.9 Å². The Kier molecular flexibility index (Phi) is 6.15. The summed E-state index contributed by atoms with van der Waals surface area (Å²) in [7, 11) is -5.73. The minimum absolute atomic E-state index is 0.327. The van der Waals surface area contributed by atoms with Gasteiger partial charge in [0, 0.05) is 11.8 Å². The summed E-state index contributed by atoms with van der Waals surface area (Å²) in [5, 5.41) is 21.3. The number of nitriles is 1. The van der Waals surface area contributed by atoms with Gasteiger partial charge in [-0.05, 0) is 96.7 Å². The molecule has 2 aromatic carbocycles. The van der Waals surface area contributed by atoms with Gasteiger partial charge in [-0.15, -0.1) is 0 Å². The Bertz CT molecular complexity index is 1350. The highest BCUT2D eigenvalue weighted by Gasteiger charge is 2.62. The quantitative estimate of drug-likeness (QED) is 0.393. The van der Waals surface area contributed by atoms with Crippen LogP contribution in [0, 0.1) is 34.5 Å². The lowest BCUT2D eigenvalue weighted by molar-refractivity contribution is -0.115. The van der Waals surface area contributed by atoms with Crippen LogP contribution in [0.5, 0.6) is 5.75 Å². The van der Waals surface area contributed by atoms with E-state index < -0.39 is 27.0 Å². The van der Waals surface area contributed by atoms with Gasteiger partial charge in [-0.1, -0.05) is 32.0 Å². The fourth-order valence-electron chi connectivity index (χ4n) is 7.76.